The first kappa shape index (κ1) is 21.8. The maximum absolute atomic E-state index is 13.1. The van der Waals surface area contributed by atoms with E-state index in [4.69, 9.17) is 27.9 Å². The van der Waals surface area contributed by atoms with E-state index in [0.717, 1.165) is 28.9 Å². The summed E-state index contributed by atoms with van der Waals surface area (Å²) in [6, 6.07) is 15.6. The predicted octanol–water partition coefficient (Wildman–Crippen LogP) is 6.46. The van der Waals surface area contributed by atoms with Crippen LogP contribution in [0.25, 0.3) is 0 Å². The second kappa shape index (κ2) is 8.48. The van der Waals surface area contributed by atoms with E-state index in [-0.39, 0.29) is 23.8 Å². The molecular weight excluding hydrogens is 455 g/mol. The van der Waals surface area contributed by atoms with Crippen LogP contribution in [-0.4, -0.2) is 35.7 Å². The highest BCUT2D eigenvalue weighted by Crippen LogP contribution is 2.55. The molecule has 0 aromatic heterocycles. The average molecular weight is 485 g/mol. The molecule has 6 heteroatoms. The van der Waals surface area contributed by atoms with Crippen molar-refractivity contribution in [1.82, 2.24) is 10.2 Å². The van der Waals surface area contributed by atoms with Gasteiger partial charge in [0.2, 0.25) is 0 Å². The third-order valence-corrected chi connectivity index (χ3v) is 8.72. The SMILES string of the molecule is O=C(NC12CC3CC(CC(C3)C1)C2)N1CC(OC(c2ccc(Cl)cc2)c2ccc(Cl)cc2)C1. The van der Waals surface area contributed by atoms with Crippen molar-refractivity contribution in [3.63, 3.8) is 0 Å². The summed E-state index contributed by atoms with van der Waals surface area (Å²) in [4.78, 5) is 15.0. The van der Waals surface area contributed by atoms with Gasteiger partial charge in [-0.1, -0.05) is 47.5 Å². The fourth-order valence-electron chi connectivity index (χ4n) is 7.08. The summed E-state index contributed by atoms with van der Waals surface area (Å²) in [5.74, 6) is 2.47. The monoisotopic (exact) mass is 484 g/mol. The zero-order valence-electron chi connectivity index (χ0n) is 18.7. The van der Waals surface area contributed by atoms with Crippen LogP contribution in [0.1, 0.15) is 55.8 Å². The van der Waals surface area contributed by atoms with E-state index < -0.39 is 0 Å². The Kier molecular flexibility index (Phi) is 5.59. The lowest BCUT2D eigenvalue weighted by molar-refractivity contribution is -0.0690. The number of rotatable bonds is 5. The summed E-state index contributed by atoms with van der Waals surface area (Å²) in [7, 11) is 0. The summed E-state index contributed by atoms with van der Waals surface area (Å²) >= 11 is 12.2. The standard InChI is InChI=1S/C27H30Cl2N2O2/c28-22-5-1-20(2-6-22)25(21-3-7-23(29)8-4-21)33-24-15-31(16-24)26(32)30-27-12-17-9-18(13-27)11-19(10-17)14-27/h1-8,17-19,24-25H,9-16H2,(H,30,32). The van der Waals surface area contributed by atoms with Crippen LogP contribution in [0.5, 0.6) is 0 Å². The number of urea groups is 1. The van der Waals surface area contributed by atoms with Gasteiger partial charge in [0.05, 0.1) is 19.2 Å². The molecule has 2 amide bonds. The Bertz CT molecular complexity index is 937. The van der Waals surface area contributed by atoms with Crippen LogP contribution in [0.4, 0.5) is 4.79 Å². The summed E-state index contributed by atoms with van der Waals surface area (Å²) in [5, 5.41) is 4.88. The van der Waals surface area contributed by atoms with Crippen LogP contribution in [0.2, 0.25) is 10.0 Å². The molecule has 5 aliphatic rings. The van der Waals surface area contributed by atoms with E-state index >= 15 is 0 Å². The van der Waals surface area contributed by atoms with Crippen molar-refractivity contribution in [3.05, 3.63) is 69.7 Å². The summed E-state index contributed by atoms with van der Waals surface area (Å²) < 4.78 is 6.50. The lowest BCUT2D eigenvalue weighted by atomic mass is 9.53. The fourth-order valence-corrected chi connectivity index (χ4v) is 7.33. The first-order chi connectivity index (χ1) is 15.9. The van der Waals surface area contributed by atoms with Crippen LogP contribution in [0, 0.1) is 17.8 Å². The molecule has 4 aliphatic carbocycles. The number of likely N-dealkylation sites (tertiary alicyclic amines) is 1. The van der Waals surface area contributed by atoms with Crippen LogP contribution >= 0.6 is 23.2 Å². The fraction of sp³-hybridized carbons (Fsp3) is 0.519. The van der Waals surface area contributed by atoms with Crippen LogP contribution in [0.15, 0.2) is 48.5 Å². The molecule has 0 spiro atoms. The van der Waals surface area contributed by atoms with Gasteiger partial charge >= 0.3 is 6.03 Å². The van der Waals surface area contributed by atoms with E-state index in [0.29, 0.717) is 23.1 Å². The molecular formula is C27H30Cl2N2O2. The Balaban J connectivity index is 1.10. The lowest BCUT2D eigenvalue weighted by Crippen LogP contribution is -2.65. The first-order valence-electron chi connectivity index (χ1n) is 12.2. The molecule has 0 radical (unpaired) electrons. The molecule has 4 saturated carbocycles. The molecule has 1 aliphatic heterocycles. The molecule has 0 atom stereocenters. The van der Waals surface area contributed by atoms with Gasteiger partial charge in [-0.05, 0) is 91.7 Å². The van der Waals surface area contributed by atoms with Gasteiger partial charge in [0, 0.05) is 15.6 Å². The molecule has 7 rings (SSSR count). The van der Waals surface area contributed by atoms with E-state index in [1.165, 1.54) is 38.5 Å². The number of carbonyl (C=O) groups is 1. The third kappa shape index (κ3) is 4.38. The smallest absolute Gasteiger partial charge is 0.318 e. The highest BCUT2D eigenvalue weighted by Gasteiger charge is 2.52. The van der Waals surface area contributed by atoms with Crippen molar-refractivity contribution >= 4 is 29.2 Å². The van der Waals surface area contributed by atoms with Crippen molar-refractivity contribution < 1.29 is 9.53 Å². The van der Waals surface area contributed by atoms with Gasteiger partial charge in [0.15, 0.2) is 0 Å². The predicted molar refractivity (Wildman–Crippen MR) is 131 cm³/mol. The molecule has 4 bridgehead atoms. The second-order valence-electron chi connectivity index (χ2n) is 10.8. The van der Waals surface area contributed by atoms with Crippen molar-refractivity contribution in [2.24, 2.45) is 17.8 Å². The number of halogens is 2. The summed E-state index contributed by atoms with van der Waals surface area (Å²) in [6.07, 6.45) is 7.44. The molecule has 33 heavy (non-hydrogen) atoms. The number of nitrogens with zero attached hydrogens (tertiary/aromatic N) is 1. The quantitative estimate of drug-likeness (QED) is 0.528. The normalized spacial score (nSPS) is 30.5. The minimum absolute atomic E-state index is 0.00321. The van der Waals surface area contributed by atoms with E-state index in [9.17, 15) is 4.79 Å². The summed E-state index contributed by atoms with van der Waals surface area (Å²) in [6.45, 7) is 1.24. The van der Waals surface area contributed by atoms with Gasteiger partial charge in [-0.25, -0.2) is 4.79 Å². The first-order valence-corrected chi connectivity index (χ1v) is 12.9. The Morgan fingerprint density at radius 1 is 0.848 bits per heavy atom. The Morgan fingerprint density at radius 2 is 1.30 bits per heavy atom. The van der Waals surface area contributed by atoms with Crippen molar-refractivity contribution in [1.29, 1.82) is 0 Å². The Hall–Kier alpha value is -1.75. The minimum Gasteiger partial charge on any atom is -0.362 e. The second-order valence-corrected chi connectivity index (χ2v) is 11.6. The van der Waals surface area contributed by atoms with Gasteiger partial charge in [0.1, 0.15) is 6.10 Å². The third-order valence-electron chi connectivity index (χ3n) is 8.22. The molecule has 2 aromatic carbocycles. The Labute approximate surface area is 205 Å². The Morgan fingerprint density at radius 3 is 1.76 bits per heavy atom. The molecule has 0 unspecified atom stereocenters. The number of hydrogen-bond acceptors (Lipinski definition) is 2. The van der Waals surface area contributed by atoms with Gasteiger partial charge in [-0.2, -0.15) is 0 Å². The lowest BCUT2D eigenvalue weighted by Gasteiger charge is -2.57. The average Bonchev–Trinajstić information content (AvgIpc) is 2.73. The molecule has 5 fully saturated rings. The van der Waals surface area contributed by atoms with E-state index in [1.54, 1.807) is 0 Å². The largest absolute Gasteiger partial charge is 0.362 e. The number of nitrogens with one attached hydrogen (secondary N) is 1. The molecule has 2 aromatic rings. The molecule has 4 nitrogen and oxygen atoms in total. The van der Waals surface area contributed by atoms with Crippen LogP contribution in [-0.2, 0) is 4.74 Å². The maximum Gasteiger partial charge on any atom is 0.318 e. The van der Waals surface area contributed by atoms with Gasteiger partial charge in [0.25, 0.3) is 0 Å². The van der Waals surface area contributed by atoms with E-state index in [1.807, 2.05) is 53.4 Å². The topological polar surface area (TPSA) is 41.6 Å². The highest BCUT2D eigenvalue weighted by molar-refractivity contribution is 6.30. The van der Waals surface area contributed by atoms with E-state index in [2.05, 4.69) is 5.32 Å². The highest BCUT2D eigenvalue weighted by atomic mass is 35.5. The van der Waals surface area contributed by atoms with Crippen LogP contribution in [0.3, 0.4) is 0 Å². The zero-order chi connectivity index (χ0) is 22.6. The van der Waals surface area contributed by atoms with Gasteiger partial charge < -0.3 is 15.0 Å². The molecule has 174 valence electrons. The number of amides is 2. The van der Waals surface area contributed by atoms with Crippen molar-refractivity contribution in [3.8, 4) is 0 Å². The van der Waals surface area contributed by atoms with Crippen molar-refractivity contribution in [2.45, 2.75) is 56.3 Å². The van der Waals surface area contributed by atoms with Crippen molar-refractivity contribution in [2.75, 3.05) is 13.1 Å². The minimum atomic E-state index is -0.224. The number of benzene rings is 2. The number of hydrogen-bond donors (Lipinski definition) is 1. The number of ether oxygens (including phenoxy) is 1. The molecule has 1 N–H and O–H groups in total. The zero-order valence-corrected chi connectivity index (χ0v) is 20.2. The van der Waals surface area contributed by atoms with Crippen LogP contribution < -0.4 is 5.32 Å². The molecule has 1 heterocycles. The molecule has 1 saturated heterocycles. The van der Waals surface area contributed by atoms with Gasteiger partial charge in [-0.15, -0.1) is 0 Å². The maximum atomic E-state index is 13.1. The summed E-state index contributed by atoms with van der Waals surface area (Å²) in [5.41, 5.74) is 2.13. The number of carbonyl (C=O) groups excluding carboxylic acids is 1. The van der Waals surface area contributed by atoms with Gasteiger partial charge in [-0.3, -0.25) is 0 Å².